The van der Waals surface area contributed by atoms with E-state index in [4.69, 9.17) is 9.47 Å². The summed E-state index contributed by atoms with van der Waals surface area (Å²) in [5.41, 5.74) is 2.23. The predicted molar refractivity (Wildman–Crippen MR) is 153 cm³/mol. The lowest BCUT2D eigenvalue weighted by Crippen LogP contribution is -2.68. The van der Waals surface area contributed by atoms with Crippen LogP contribution in [0.1, 0.15) is 37.0 Å². The van der Waals surface area contributed by atoms with E-state index >= 15 is 0 Å². The van der Waals surface area contributed by atoms with Crippen molar-refractivity contribution in [2.45, 2.75) is 62.9 Å². The molecule has 41 heavy (non-hydrogen) atoms. The van der Waals surface area contributed by atoms with Gasteiger partial charge in [0, 0.05) is 25.5 Å². The molecule has 224 valence electrons. The van der Waals surface area contributed by atoms with E-state index in [1.807, 2.05) is 37.3 Å². The van der Waals surface area contributed by atoms with Gasteiger partial charge in [-0.2, -0.15) is 11.8 Å². The summed E-state index contributed by atoms with van der Waals surface area (Å²) < 4.78 is 11.3. The van der Waals surface area contributed by atoms with Gasteiger partial charge in [-0.1, -0.05) is 49.4 Å². The highest BCUT2D eigenvalue weighted by atomic mass is 32.2. The van der Waals surface area contributed by atoms with Gasteiger partial charge in [0.1, 0.15) is 12.2 Å². The summed E-state index contributed by atoms with van der Waals surface area (Å²) in [6.07, 6.45) is -6.47. The number of amides is 2. The van der Waals surface area contributed by atoms with Gasteiger partial charge in [0.15, 0.2) is 0 Å². The standard InChI is InChI=1S/C29H38N2O9S/c1-3-41-15-7-14-39-29(28(37)38)16-22(33)24(31-18(2)32)26(40-29)25(35)23(34)17-30-27(36)21-12-10-20(11-13-21)19-8-5-4-6-9-19/h4-6,8-13,22-26,33-35H,3,7,14-17H2,1-2H3,(H,30,36)(H,31,32)(H,37,38)/t22-,23+,24+,25?,26?,29+/m0/s1. The number of benzene rings is 2. The fourth-order valence-electron chi connectivity index (χ4n) is 4.58. The number of thioether (sulfide) groups is 1. The summed E-state index contributed by atoms with van der Waals surface area (Å²) in [6.45, 7) is 2.78. The zero-order valence-electron chi connectivity index (χ0n) is 23.1. The second-order valence-electron chi connectivity index (χ2n) is 9.75. The van der Waals surface area contributed by atoms with Crippen molar-refractivity contribution in [3.8, 4) is 11.1 Å². The van der Waals surface area contributed by atoms with Gasteiger partial charge in [0.25, 0.3) is 11.7 Å². The van der Waals surface area contributed by atoms with Gasteiger partial charge in [0.05, 0.1) is 24.9 Å². The molecule has 0 aliphatic carbocycles. The molecular weight excluding hydrogens is 552 g/mol. The molecule has 1 saturated heterocycles. The zero-order chi connectivity index (χ0) is 30.0. The van der Waals surface area contributed by atoms with E-state index in [0.29, 0.717) is 12.0 Å². The molecule has 1 aliphatic rings. The number of carboxylic acid groups (broad SMARTS) is 1. The van der Waals surface area contributed by atoms with Crippen molar-refractivity contribution in [3.05, 3.63) is 60.2 Å². The molecule has 1 heterocycles. The second-order valence-corrected chi connectivity index (χ2v) is 11.1. The molecule has 3 rings (SSSR count). The van der Waals surface area contributed by atoms with Crippen molar-refractivity contribution in [3.63, 3.8) is 0 Å². The van der Waals surface area contributed by atoms with Crippen LogP contribution in [0.3, 0.4) is 0 Å². The molecule has 2 aromatic carbocycles. The molecule has 1 aliphatic heterocycles. The number of aliphatic hydroxyl groups is 3. The molecule has 11 nitrogen and oxygen atoms in total. The number of nitrogens with one attached hydrogen (secondary N) is 2. The van der Waals surface area contributed by atoms with E-state index < -0.39 is 67.0 Å². The third kappa shape index (κ3) is 8.74. The first-order valence-corrected chi connectivity index (χ1v) is 14.6. The maximum Gasteiger partial charge on any atom is 0.364 e. The predicted octanol–water partition coefficient (Wildman–Crippen LogP) is 1.40. The van der Waals surface area contributed by atoms with Gasteiger partial charge in [-0.05, 0) is 41.2 Å². The number of aliphatic carboxylic acids is 1. The molecule has 2 aromatic rings. The summed E-state index contributed by atoms with van der Waals surface area (Å²) in [4.78, 5) is 36.8. The van der Waals surface area contributed by atoms with Gasteiger partial charge in [0.2, 0.25) is 5.91 Å². The van der Waals surface area contributed by atoms with Crippen molar-refractivity contribution in [1.82, 2.24) is 10.6 Å². The van der Waals surface area contributed by atoms with E-state index in [0.717, 1.165) is 22.6 Å². The molecule has 0 spiro atoms. The van der Waals surface area contributed by atoms with Crippen LogP contribution in [0.25, 0.3) is 11.1 Å². The monoisotopic (exact) mass is 590 g/mol. The Labute approximate surface area is 243 Å². The Bertz CT molecular complexity index is 1150. The SMILES string of the molecule is CCSCCCO[C@]1(C(=O)O)C[C@H](O)[C@@H](NC(C)=O)C(C(O)[C@H](O)CNC(=O)c2ccc(-c3ccccc3)cc2)O1. The minimum Gasteiger partial charge on any atom is -0.477 e. The summed E-state index contributed by atoms with van der Waals surface area (Å²) in [7, 11) is 0. The molecule has 0 bridgehead atoms. The molecule has 0 radical (unpaired) electrons. The van der Waals surface area contributed by atoms with Gasteiger partial charge in [-0.3, -0.25) is 9.59 Å². The largest absolute Gasteiger partial charge is 0.477 e. The molecular formula is C29H38N2O9S. The van der Waals surface area contributed by atoms with Crippen molar-refractivity contribution in [2.75, 3.05) is 24.7 Å². The maximum atomic E-state index is 12.7. The highest BCUT2D eigenvalue weighted by molar-refractivity contribution is 7.99. The Morgan fingerprint density at radius 1 is 1.10 bits per heavy atom. The number of carbonyl (C=O) groups excluding carboxylic acids is 2. The minimum absolute atomic E-state index is 0.0152. The van der Waals surface area contributed by atoms with Crippen molar-refractivity contribution < 1.29 is 44.3 Å². The first kappa shape index (κ1) is 32.5. The number of rotatable bonds is 14. The van der Waals surface area contributed by atoms with Crippen LogP contribution in [0.5, 0.6) is 0 Å². The molecule has 2 unspecified atom stereocenters. The Balaban J connectivity index is 1.69. The zero-order valence-corrected chi connectivity index (χ0v) is 23.9. The van der Waals surface area contributed by atoms with E-state index in [1.165, 1.54) is 6.92 Å². The van der Waals surface area contributed by atoms with Gasteiger partial charge < -0.3 is 40.5 Å². The van der Waals surface area contributed by atoms with Crippen molar-refractivity contribution >= 4 is 29.5 Å². The summed E-state index contributed by atoms with van der Waals surface area (Å²) in [6, 6.07) is 15.2. The molecule has 2 amide bonds. The summed E-state index contributed by atoms with van der Waals surface area (Å²) in [5.74, 6) is -3.27. The number of carbonyl (C=O) groups is 3. The topological polar surface area (TPSA) is 175 Å². The summed E-state index contributed by atoms with van der Waals surface area (Å²) in [5, 5.41) is 47.5. The minimum atomic E-state index is -2.31. The smallest absolute Gasteiger partial charge is 0.364 e. The highest BCUT2D eigenvalue weighted by Gasteiger charge is 2.55. The van der Waals surface area contributed by atoms with E-state index in [-0.39, 0.29) is 6.61 Å². The van der Waals surface area contributed by atoms with Crippen molar-refractivity contribution in [2.24, 2.45) is 0 Å². The van der Waals surface area contributed by atoms with Crippen LogP contribution < -0.4 is 10.6 Å². The number of hydrogen-bond acceptors (Lipinski definition) is 9. The lowest BCUT2D eigenvalue weighted by atomic mass is 9.88. The van der Waals surface area contributed by atoms with Crippen LogP contribution in [0.15, 0.2) is 54.6 Å². The van der Waals surface area contributed by atoms with Gasteiger partial charge >= 0.3 is 5.97 Å². The second kappa shape index (κ2) is 15.3. The first-order chi connectivity index (χ1) is 19.6. The van der Waals surface area contributed by atoms with Crippen LogP contribution in [-0.2, 0) is 19.1 Å². The fraction of sp³-hybridized carbons (Fsp3) is 0.483. The van der Waals surface area contributed by atoms with Gasteiger partial charge in [-0.15, -0.1) is 0 Å². The Hall–Kier alpha value is -3.00. The van der Waals surface area contributed by atoms with Crippen LogP contribution in [0.4, 0.5) is 0 Å². The molecule has 1 fully saturated rings. The summed E-state index contributed by atoms with van der Waals surface area (Å²) >= 11 is 1.65. The normalized spacial score (nSPS) is 23.8. The Morgan fingerprint density at radius 3 is 2.37 bits per heavy atom. The van der Waals surface area contributed by atoms with Gasteiger partial charge in [-0.25, -0.2) is 4.79 Å². The van der Waals surface area contributed by atoms with Crippen molar-refractivity contribution in [1.29, 1.82) is 0 Å². The molecule has 12 heteroatoms. The third-order valence-corrected chi connectivity index (χ3v) is 7.68. The number of carboxylic acids is 1. The van der Waals surface area contributed by atoms with Crippen LogP contribution >= 0.6 is 11.8 Å². The number of ether oxygens (including phenoxy) is 2. The molecule has 0 aromatic heterocycles. The van der Waals surface area contributed by atoms with E-state index in [1.54, 1.807) is 36.0 Å². The third-order valence-electron chi connectivity index (χ3n) is 6.70. The van der Waals surface area contributed by atoms with Crippen LogP contribution in [0.2, 0.25) is 0 Å². The molecule has 6 N–H and O–H groups in total. The highest BCUT2D eigenvalue weighted by Crippen LogP contribution is 2.34. The maximum absolute atomic E-state index is 12.7. The molecule has 0 saturated carbocycles. The lowest BCUT2D eigenvalue weighted by molar-refractivity contribution is -0.310. The van der Waals surface area contributed by atoms with Crippen LogP contribution in [-0.4, -0.2) is 99.1 Å². The Morgan fingerprint density at radius 2 is 1.76 bits per heavy atom. The average Bonchev–Trinajstić information content (AvgIpc) is 2.96. The quantitative estimate of drug-likeness (QED) is 0.177. The Kier molecular flexibility index (Phi) is 12.1. The first-order valence-electron chi connectivity index (χ1n) is 13.5. The number of hydrogen-bond donors (Lipinski definition) is 6. The van der Waals surface area contributed by atoms with E-state index in [9.17, 15) is 34.8 Å². The number of aliphatic hydroxyl groups excluding tert-OH is 3. The average molecular weight is 591 g/mol. The fourth-order valence-corrected chi connectivity index (χ4v) is 5.19. The van der Waals surface area contributed by atoms with Crippen LogP contribution in [0, 0.1) is 0 Å². The lowest BCUT2D eigenvalue weighted by Gasteiger charge is -2.46. The molecule has 6 atom stereocenters. The van der Waals surface area contributed by atoms with E-state index in [2.05, 4.69) is 10.6 Å².